The maximum Gasteiger partial charge on any atom is 0.174 e. The molecular weight excluding hydrogens is 404 g/mol. The van der Waals surface area contributed by atoms with Crippen LogP contribution in [0, 0.1) is 0 Å². The highest BCUT2D eigenvalue weighted by Gasteiger charge is 2.19. The normalized spacial score (nSPS) is 14.7. The Morgan fingerprint density at radius 2 is 1.79 bits per heavy atom. The fourth-order valence-electron chi connectivity index (χ4n) is 3.34. The first-order chi connectivity index (χ1) is 14.2. The molecule has 1 saturated heterocycles. The van der Waals surface area contributed by atoms with Crippen molar-refractivity contribution < 1.29 is 0 Å². The highest BCUT2D eigenvalue weighted by Crippen LogP contribution is 2.13. The second-order valence-corrected chi connectivity index (χ2v) is 7.90. The Hall–Kier alpha value is -2.48. The molecule has 1 N–H and O–H groups in total. The van der Waals surface area contributed by atoms with Gasteiger partial charge in [-0.1, -0.05) is 29.8 Å². The van der Waals surface area contributed by atoms with E-state index in [9.17, 15) is 0 Å². The molecule has 0 spiro atoms. The van der Waals surface area contributed by atoms with Gasteiger partial charge in [0.15, 0.2) is 10.9 Å². The molecule has 3 heterocycles. The van der Waals surface area contributed by atoms with E-state index < -0.39 is 0 Å². The number of nitrogens with zero attached hydrogens (tertiary/aromatic N) is 5. The first kappa shape index (κ1) is 19.8. The molecular formula is C21H23ClN6S. The first-order valence-corrected chi connectivity index (χ1v) is 10.4. The van der Waals surface area contributed by atoms with Gasteiger partial charge in [-0.15, -0.1) is 0 Å². The minimum atomic E-state index is 0.693. The number of benzene rings is 1. The topological polar surface area (TPSA) is 49.2 Å². The molecule has 4 rings (SSSR count). The molecule has 0 aliphatic carbocycles. The maximum atomic E-state index is 5.94. The first-order valence-electron chi connectivity index (χ1n) is 9.61. The summed E-state index contributed by atoms with van der Waals surface area (Å²) in [4.78, 5) is 8.82. The molecule has 1 aliphatic heterocycles. The van der Waals surface area contributed by atoms with Gasteiger partial charge in [0.1, 0.15) is 0 Å². The molecule has 0 atom stereocenters. The number of anilines is 1. The van der Waals surface area contributed by atoms with E-state index in [1.807, 2.05) is 59.7 Å². The summed E-state index contributed by atoms with van der Waals surface area (Å²) < 4.78 is 1.89. The van der Waals surface area contributed by atoms with Crippen LogP contribution in [-0.4, -0.2) is 55.9 Å². The maximum absolute atomic E-state index is 5.94. The summed E-state index contributed by atoms with van der Waals surface area (Å²) in [6.07, 6.45) is 5.69. The zero-order chi connectivity index (χ0) is 20.1. The average Bonchev–Trinajstić information content (AvgIpc) is 3.18. The van der Waals surface area contributed by atoms with E-state index in [0.29, 0.717) is 6.54 Å². The Morgan fingerprint density at radius 3 is 2.52 bits per heavy atom. The summed E-state index contributed by atoms with van der Waals surface area (Å²) in [6, 6.07) is 13.8. The zero-order valence-corrected chi connectivity index (χ0v) is 17.6. The quantitative estimate of drug-likeness (QED) is 0.630. The Kier molecular flexibility index (Phi) is 6.39. The Bertz CT molecular complexity index is 935. The van der Waals surface area contributed by atoms with E-state index in [1.165, 1.54) is 5.56 Å². The summed E-state index contributed by atoms with van der Waals surface area (Å²) in [6.45, 7) is 5.37. The van der Waals surface area contributed by atoms with Crippen molar-refractivity contribution in [3.8, 4) is 0 Å². The lowest BCUT2D eigenvalue weighted by molar-refractivity contribution is 0.177. The summed E-state index contributed by atoms with van der Waals surface area (Å²) in [5.74, 6) is 0.766. The summed E-state index contributed by atoms with van der Waals surface area (Å²) in [5, 5.41) is 9.31. The molecule has 1 fully saturated rings. The zero-order valence-electron chi connectivity index (χ0n) is 16.0. The number of halogens is 1. The van der Waals surface area contributed by atoms with Crippen LogP contribution in [0.2, 0.25) is 5.02 Å². The molecule has 0 bridgehead atoms. The van der Waals surface area contributed by atoms with Gasteiger partial charge in [0.2, 0.25) is 0 Å². The van der Waals surface area contributed by atoms with Crippen LogP contribution in [0.5, 0.6) is 0 Å². The van der Waals surface area contributed by atoms with Crippen LogP contribution < -0.4 is 5.32 Å². The van der Waals surface area contributed by atoms with Crippen molar-refractivity contribution in [2.45, 2.75) is 13.1 Å². The third kappa shape index (κ3) is 5.53. The number of rotatable bonds is 5. The lowest BCUT2D eigenvalue weighted by Crippen LogP contribution is -2.49. The Morgan fingerprint density at radius 1 is 1.00 bits per heavy atom. The number of hydrogen-bond donors (Lipinski definition) is 1. The summed E-state index contributed by atoms with van der Waals surface area (Å²) in [5.41, 5.74) is 2.39. The van der Waals surface area contributed by atoms with Gasteiger partial charge in [-0.25, -0.2) is 0 Å². The van der Waals surface area contributed by atoms with E-state index >= 15 is 0 Å². The molecule has 8 heteroatoms. The number of nitrogens with one attached hydrogen (secondary N) is 1. The molecule has 0 amide bonds. The SMILES string of the molecule is S=C(Nc1ccn(Cc2ccc(Cl)cc2)n1)N1CCN(Cc2cccnc2)CC1. The number of aromatic nitrogens is 3. The van der Waals surface area contributed by atoms with E-state index in [0.717, 1.165) is 54.2 Å². The molecule has 0 unspecified atom stereocenters. The highest BCUT2D eigenvalue weighted by molar-refractivity contribution is 7.80. The van der Waals surface area contributed by atoms with Crippen LogP contribution >= 0.6 is 23.8 Å². The second-order valence-electron chi connectivity index (χ2n) is 7.08. The molecule has 1 aliphatic rings. The van der Waals surface area contributed by atoms with Crippen LogP contribution in [0.15, 0.2) is 61.1 Å². The van der Waals surface area contributed by atoms with Gasteiger partial charge in [0, 0.05) is 62.4 Å². The minimum absolute atomic E-state index is 0.693. The van der Waals surface area contributed by atoms with Crippen LogP contribution in [0.4, 0.5) is 5.82 Å². The fraction of sp³-hybridized carbons (Fsp3) is 0.286. The van der Waals surface area contributed by atoms with Crippen LogP contribution in [0.25, 0.3) is 0 Å². The lowest BCUT2D eigenvalue weighted by Gasteiger charge is -2.36. The third-order valence-corrected chi connectivity index (χ3v) is 5.53. The van der Waals surface area contributed by atoms with Crippen molar-refractivity contribution in [2.24, 2.45) is 0 Å². The number of hydrogen-bond acceptors (Lipinski definition) is 4. The number of piperazine rings is 1. The van der Waals surface area contributed by atoms with E-state index in [4.69, 9.17) is 23.8 Å². The van der Waals surface area contributed by atoms with Gasteiger partial charge in [-0.05, 0) is 41.5 Å². The van der Waals surface area contributed by atoms with Crippen molar-refractivity contribution in [1.29, 1.82) is 0 Å². The number of thiocarbonyl (C=S) groups is 1. The monoisotopic (exact) mass is 426 g/mol. The predicted molar refractivity (Wildman–Crippen MR) is 120 cm³/mol. The van der Waals surface area contributed by atoms with Crippen molar-refractivity contribution in [3.63, 3.8) is 0 Å². The highest BCUT2D eigenvalue weighted by atomic mass is 35.5. The molecule has 3 aromatic rings. The van der Waals surface area contributed by atoms with Crippen molar-refractivity contribution in [2.75, 3.05) is 31.5 Å². The van der Waals surface area contributed by atoms with E-state index in [1.54, 1.807) is 0 Å². The van der Waals surface area contributed by atoms with Crippen molar-refractivity contribution in [3.05, 3.63) is 77.2 Å². The van der Waals surface area contributed by atoms with Gasteiger partial charge in [0.25, 0.3) is 0 Å². The summed E-state index contributed by atoms with van der Waals surface area (Å²) >= 11 is 11.5. The van der Waals surface area contributed by atoms with Crippen molar-refractivity contribution in [1.82, 2.24) is 24.6 Å². The van der Waals surface area contributed by atoms with Crippen LogP contribution in [-0.2, 0) is 13.1 Å². The molecule has 2 aromatic heterocycles. The smallest absolute Gasteiger partial charge is 0.174 e. The molecule has 150 valence electrons. The molecule has 29 heavy (non-hydrogen) atoms. The lowest BCUT2D eigenvalue weighted by atomic mass is 10.2. The largest absolute Gasteiger partial charge is 0.346 e. The van der Waals surface area contributed by atoms with E-state index in [-0.39, 0.29) is 0 Å². The molecule has 6 nitrogen and oxygen atoms in total. The average molecular weight is 427 g/mol. The van der Waals surface area contributed by atoms with Gasteiger partial charge < -0.3 is 10.2 Å². The van der Waals surface area contributed by atoms with Gasteiger partial charge in [0.05, 0.1) is 6.54 Å². The molecule has 0 saturated carbocycles. The summed E-state index contributed by atoms with van der Waals surface area (Å²) in [7, 11) is 0. The standard InChI is InChI=1S/C21H23ClN6S/c22-19-5-3-17(4-6-19)16-28-9-7-20(25-28)24-21(29)27-12-10-26(11-13-27)15-18-2-1-8-23-14-18/h1-9,14H,10-13,15-16H2,(H,24,25,29). The number of pyridine rings is 1. The minimum Gasteiger partial charge on any atom is -0.346 e. The molecule has 0 radical (unpaired) electrons. The third-order valence-electron chi connectivity index (χ3n) is 4.92. The van der Waals surface area contributed by atoms with Gasteiger partial charge >= 0.3 is 0 Å². The Balaban J connectivity index is 1.26. The second kappa shape index (κ2) is 9.35. The van der Waals surface area contributed by atoms with E-state index in [2.05, 4.69) is 31.3 Å². The Labute approximate surface area is 181 Å². The van der Waals surface area contributed by atoms with Crippen LogP contribution in [0.3, 0.4) is 0 Å². The van der Waals surface area contributed by atoms with Gasteiger partial charge in [-0.3, -0.25) is 14.6 Å². The molecule has 1 aromatic carbocycles. The van der Waals surface area contributed by atoms with Gasteiger partial charge in [-0.2, -0.15) is 5.10 Å². The predicted octanol–water partition coefficient (Wildman–Crippen LogP) is 3.49. The van der Waals surface area contributed by atoms with Crippen LogP contribution in [0.1, 0.15) is 11.1 Å². The van der Waals surface area contributed by atoms with Crippen molar-refractivity contribution >= 4 is 34.7 Å². The fourth-order valence-corrected chi connectivity index (χ4v) is 3.75.